The van der Waals surface area contributed by atoms with Crippen molar-refractivity contribution < 1.29 is 28.5 Å². The summed E-state index contributed by atoms with van der Waals surface area (Å²) in [5.74, 6) is 1.42. The molecule has 1 N–H and O–H groups in total. The molecule has 2 aromatic rings. The van der Waals surface area contributed by atoms with E-state index in [-0.39, 0.29) is 17.9 Å². The lowest BCUT2D eigenvalue weighted by atomic mass is 9.78. The number of rotatable bonds is 6. The molecule has 1 heterocycles. The molecule has 0 unspecified atom stereocenters. The monoisotopic (exact) mass is 429 g/mol. The number of ether oxygens (including phenoxy) is 3. The maximum Gasteiger partial charge on any atom is 0.337 e. The smallest absolute Gasteiger partial charge is 0.337 e. The van der Waals surface area contributed by atoms with Crippen LogP contribution in [0.4, 0.5) is 4.39 Å². The Bertz CT molecular complexity index is 919. The predicted molar refractivity (Wildman–Crippen MR) is 113 cm³/mol. The van der Waals surface area contributed by atoms with Gasteiger partial charge in [-0.15, -0.1) is 0 Å². The Morgan fingerprint density at radius 2 is 1.81 bits per heavy atom. The van der Waals surface area contributed by atoms with E-state index in [1.807, 2.05) is 6.07 Å². The molecule has 2 aliphatic rings. The lowest BCUT2D eigenvalue weighted by molar-refractivity contribution is -0.0231. The number of halogens is 1. The van der Waals surface area contributed by atoms with Gasteiger partial charge in [-0.05, 0) is 67.1 Å². The van der Waals surface area contributed by atoms with Gasteiger partial charge in [0.1, 0.15) is 23.4 Å². The first-order chi connectivity index (χ1) is 15.0. The zero-order chi connectivity index (χ0) is 22.0. The van der Waals surface area contributed by atoms with Crippen molar-refractivity contribution in [1.29, 1.82) is 0 Å². The molecule has 1 aliphatic carbocycles. The molecule has 1 saturated heterocycles. The predicted octanol–water partition coefficient (Wildman–Crippen LogP) is 3.27. The highest BCUT2D eigenvalue weighted by Crippen LogP contribution is 2.39. The van der Waals surface area contributed by atoms with Crippen LogP contribution in [0.3, 0.4) is 0 Å². The number of esters is 1. The number of carbonyl (C=O) groups is 1. The van der Waals surface area contributed by atoms with Crippen LogP contribution >= 0.6 is 0 Å². The van der Waals surface area contributed by atoms with Crippen LogP contribution in [0.25, 0.3) is 0 Å². The average molecular weight is 429 g/mol. The van der Waals surface area contributed by atoms with Gasteiger partial charge in [0, 0.05) is 25.2 Å². The number of hydrogen-bond donors (Lipinski definition) is 1. The minimum Gasteiger partial charge on any atom is -0.496 e. The van der Waals surface area contributed by atoms with E-state index in [2.05, 4.69) is 4.90 Å². The Morgan fingerprint density at radius 1 is 1.10 bits per heavy atom. The number of carbonyl (C=O) groups excluding carboxylic acids is 1. The summed E-state index contributed by atoms with van der Waals surface area (Å²) in [5.41, 5.74) is 1.43. The minimum absolute atomic E-state index is 0.302. The highest BCUT2D eigenvalue weighted by molar-refractivity contribution is 5.89. The second-order valence-electron chi connectivity index (χ2n) is 8.38. The van der Waals surface area contributed by atoms with Gasteiger partial charge in [0.05, 0.1) is 25.9 Å². The zero-order valence-electron chi connectivity index (χ0n) is 17.8. The number of methoxy groups -OCH3 is 2. The highest BCUT2D eigenvalue weighted by atomic mass is 19.1. The van der Waals surface area contributed by atoms with Gasteiger partial charge in [0.2, 0.25) is 0 Å². The molecule has 2 aromatic carbocycles. The van der Waals surface area contributed by atoms with Crippen LogP contribution in [-0.2, 0) is 11.3 Å². The molecule has 166 valence electrons. The van der Waals surface area contributed by atoms with Crippen molar-refractivity contribution in [3.05, 3.63) is 59.4 Å². The van der Waals surface area contributed by atoms with Crippen LogP contribution in [0, 0.1) is 17.7 Å². The van der Waals surface area contributed by atoms with Crippen molar-refractivity contribution in [1.82, 2.24) is 4.90 Å². The van der Waals surface area contributed by atoms with Gasteiger partial charge in [0.15, 0.2) is 0 Å². The summed E-state index contributed by atoms with van der Waals surface area (Å²) in [6.07, 6.45) is 0.568. The summed E-state index contributed by atoms with van der Waals surface area (Å²) >= 11 is 0. The van der Waals surface area contributed by atoms with Gasteiger partial charge in [-0.25, -0.2) is 9.18 Å². The van der Waals surface area contributed by atoms with Crippen molar-refractivity contribution in [2.75, 3.05) is 27.3 Å². The van der Waals surface area contributed by atoms with E-state index in [4.69, 9.17) is 14.2 Å². The normalized spacial score (nSPS) is 25.7. The Balaban J connectivity index is 1.42. The molecule has 1 aliphatic heterocycles. The number of likely N-dealkylation sites (tertiary alicyclic amines) is 1. The lowest BCUT2D eigenvalue weighted by Crippen LogP contribution is -2.42. The molecule has 4 rings (SSSR count). The van der Waals surface area contributed by atoms with Crippen LogP contribution in [0.15, 0.2) is 42.5 Å². The third kappa shape index (κ3) is 4.83. The van der Waals surface area contributed by atoms with Crippen molar-refractivity contribution in [2.45, 2.75) is 31.6 Å². The van der Waals surface area contributed by atoms with Gasteiger partial charge in [-0.1, -0.05) is 0 Å². The summed E-state index contributed by atoms with van der Waals surface area (Å²) in [6, 6.07) is 11.2. The molecule has 1 saturated carbocycles. The summed E-state index contributed by atoms with van der Waals surface area (Å²) in [5, 5.41) is 10.6. The summed E-state index contributed by atoms with van der Waals surface area (Å²) in [6.45, 7) is 2.41. The molecule has 2 fully saturated rings. The first-order valence-corrected chi connectivity index (χ1v) is 10.5. The molecule has 0 spiro atoms. The second-order valence-corrected chi connectivity index (χ2v) is 8.38. The summed E-state index contributed by atoms with van der Waals surface area (Å²) in [4.78, 5) is 14.2. The highest BCUT2D eigenvalue weighted by Gasteiger charge is 2.42. The van der Waals surface area contributed by atoms with Crippen LogP contribution in [0.1, 0.15) is 28.8 Å². The number of aliphatic hydroxyl groups excluding tert-OH is 1. The molecule has 0 radical (unpaired) electrons. The van der Waals surface area contributed by atoms with Gasteiger partial charge in [-0.3, -0.25) is 4.90 Å². The van der Waals surface area contributed by atoms with Crippen LogP contribution in [0.2, 0.25) is 0 Å². The van der Waals surface area contributed by atoms with Gasteiger partial charge in [-0.2, -0.15) is 0 Å². The van der Waals surface area contributed by atoms with Crippen molar-refractivity contribution in [3.8, 4) is 11.5 Å². The average Bonchev–Trinajstić information content (AvgIpc) is 3.15. The number of aliphatic hydroxyl groups is 1. The molecular weight excluding hydrogens is 401 g/mol. The van der Waals surface area contributed by atoms with Crippen molar-refractivity contribution >= 4 is 5.97 Å². The van der Waals surface area contributed by atoms with E-state index >= 15 is 0 Å². The van der Waals surface area contributed by atoms with Crippen LogP contribution in [0.5, 0.6) is 11.5 Å². The molecule has 6 nitrogen and oxygen atoms in total. The molecule has 31 heavy (non-hydrogen) atoms. The number of hydrogen-bond acceptors (Lipinski definition) is 6. The topological polar surface area (TPSA) is 68.2 Å². The Hall–Kier alpha value is -2.64. The third-order valence-electron chi connectivity index (χ3n) is 6.36. The SMILES string of the molecule is COC(=O)c1ccc(OC)c(CN2C[C@H]3C[C@@H](Oc4ccc(F)cc4)[C@H](O)C[C@H]3C2)c1. The number of fused-ring (bicyclic) bond motifs is 1. The zero-order valence-corrected chi connectivity index (χ0v) is 17.8. The Morgan fingerprint density at radius 3 is 2.48 bits per heavy atom. The van der Waals surface area contributed by atoms with Crippen molar-refractivity contribution in [2.24, 2.45) is 11.8 Å². The van der Waals surface area contributed by atoms with E-state index in [1.54, 1.807) is 31.4 Å². The first-order valence-electron chi connectivity index (χ1n) is 10.5. The van der Waals surface area contributed by atoms with E-state index in [9.17, 15) is 14.3 Å². The fraction of sp³-hybridized carbons (Fsp3) is 0.458. The summed E-state index contributed by atoms with van der Waals surface area (Å²) in [7, 11) is 2.99. The molecule has 0 bridgehead atoms. The largest absolute Gasteiger partial charge is 0.496 e. The van der Waals surface area contributed by atoms with Crippen molar-refractivity contribution in [3.63, 3.8) is 0 Å². The van der Waals surface area contributed by atoms with Gasteiger partial charge < -0.3 is 19.3 Å². The third-order valence-corrected chi connectivity index (χ3v) is 6.36. The molecule has 7 heteroatoms. The Labute approximate surface area is 181 Å². The van der Waals surface area contributed by atoms with Crippen LogP contribution in [-0.4, -0.2) is 55.5 Å². The lowest BCUT2D eigenvalue weighted by Gasteiger charge is -2.35. The minimum atomic E-state index is -0.552. The molecule has 0 amide bonds. The maximum atomic E-state index is 13.1. The van der Waals surface area contributed by atoms with Gasteiger partial charge >= 0.3 is 5.97 Å². The summed E-state index contributed by atoms with van der Waals surface area (Å²) < 4.78 is 29.4. The first kappa shape index (κ1) is 21.6. The van der Waals surface area contributed by atoms with E-state index in [0.29, 0.717) is 36.1 Å². The molecular formula is C24H28FNO5. The van der Waals surface area contributed by atoms with E-state index < -0.39 is 6.10 Å². The van der Waals surface area contributed by atoms with E-state index in [0.717, 1.165) is 30.8 Å². The second kappa shape index (κ2) is 9.24. The van der Waals surface area contributed by atoms with Gasteiger partial charge in [0.25, 0.3) is 0 Å². The van der Waals surface area contributed by atoms with E-state index in [1.165, 1.54) is 19.2 Å². The fourth-order valence-corrected chi connectivity index (χ4v) is 4.82. The molecule has 0 aromatic heterocycles. The fourth-order valence-electron chi connectivity index (χ4n) is 4.82. The molecule has 4 atom stereocenters. The maximum absolute atomic E-state index is 13.1. The standard InChI is InChI=1S/C24H28FNO5/c1-29-22-8-3-15(24(28)30-2)9-18(22)14-26-12-16-10-21(27)23(11-17(16)13-26)31-20-6-4-19(25)5-7-20/h3-9,16-17,21,23,27H,10-14H2,1-2H3/t16-,17+,21+,23+/m0/s1. The van der Waals surface area contributed by atoms with Crippen LogP contribution < -0.4 is 9.47 Å². The number of nitrogens with zero attached hydrogens (tertiary/aromatic N) is 1. The quantitative estimate of drug-likeness (QED) is 0.711. The number of benzene rings is 2. The Kier molecular flexibility index (Phi) is 6.43.